The van der Waals surface area contributed by atoms with E-state index in [0.717, 1.165) is 96.3 Å². The minimum absolute atomic E-state index is 0.0805. The number of unbranched alkanes of at least 4 members (excludes halogenated alkanes) is 43. The van der Waals surface area contributed by atoms with E-state index in [9.17, 15) is 14.4 Å². The topological polar surface area (TPSA) is 78.9 Å². The highest BCUT2D eigenvalue weighted by molar-refractivity contribution is 5.71. The molecule has 0 heterocycles. The molecule has 0 rings (SSSR count). The standard InChI is InChI=1S/C76H136O6/c1-4-7-10-13-16-19-22-25-28-30-32-34-36-37-38-39-41-42-44-46-48-51-54-57-60-63-66-69-75(78)81-72-73(71-80-74(77)68-65-62-59-56-53-50-27-24-21-18-15-12-9-6-3)82-76(79)70-67-64-61-58-55-52-49-47-45-43-40-35-33-31-29-26-23-20-17-14-11-8-5-2/h15,18,23-24,26-27,30-33,40,43,73H,4-14,16-17,19-22,25,28-29,34-39,41-42,44-72H2,1-3H3/b18-15-,26-23-,27-24-,32-30-,33-31-,43-40-. The fourth-order valence-electron chi connectivity index (χ4n) is 10.5. The Bertz CT molecular complexity index is 1500. The van der Waals surface area contributed by atoms with Gasteiger partial charge in [0.1, 0.15) is 13.2 Å². The van der Waals surface area contributed by atoms with Gasteiger partial charge in [-0.15, -0.1) is 0 Å². The Morgan fingerprint density at radius 1 is 0.244 bits per heavy atom. The molecule has 6 heteroatoms. The summed E-state index contributed by atoms with van der Waals surface area (Å²) in [6, 6.07) is 0. The van der Waals surface area contributed by atoms with Gasteiger partial charge in [-0.3, -0.25) is 14.4 Å². The fraction of sp³-hybridized carbons (Fsp3) is 0.803. The lowest BCUT2D eigenvalue weighted by Crippen LogP contribution is -2.30. The highest BCUT2D eigenvalue weighted by atomic mass is 16.6. The van der Waals surface area contributed by atoms with E-state index in [1.54, 1.807) is 0 Å². The third-order valence-electron chi connectivity index (χ3n) is 15.9. The number of carbonyl (C=O) groups excluding carboxylic acids is 3. The van der Waals surface area contributed by atoms with Gasteiger partial charge in [-0.1, -0.05) is 318 Å². The van der Waals surface area contributed by atoms with Crippen LogP contribution in [0.4, 0.5) is 0 Å². The molecule has 1 unspecified atom stereocenters. The number of hydrogen-bond acceptors (Lipinski definition) is 6. The second-order valence-electron chi connectivity index (χ2n) is 24.1. The van der Waals surface area contributed by atoms with Crippen LogP contribution in [0.5, 0.6) is 0 Å². The van der Waals surface area contributed by atoms with Gasteiger partial charge in [0.2, 0.25) is 0 Å². The molecule has 6 nitrogen and oxygen atoms in total. The lowest BCUT2D eigenvalue weighted by molar-refractivity contribution is -0.167. The summed E-state index contributed by atoms with van der Waals surface area (Å²) >= 11 is 0. The lowest BCUT2D eigenvalue weighted by Gasteiger charge is -2.18. The van der Waals surface area contributed by atoms with Crippen LogP contribution >= 0.6 is 0 Å². The maximum absolute atomic E-state index is 13.0. The Labute approximate surface area is 510 Å². The number of rotatable bonds is 66. The molecule has 1 atom stereocenters. The molecule has 82 heavy (non-hydrogen) atoms. The van der Waals surface area contributed by atoms with E-state index in [1.807, 2.05) is 0 Å². The van der Waals surface area contributed by atoms with Gasteiger partial charge in [-0.2, -0.15) is 0 Å². The van der Waals surface area contributed by atoms with Crippen molar-refractivity contribution < 1.29 is 28.6 Å². The van der Waals surface area contributed by atoms with Gasteiger partial charge in [0.15, 0.2) is 6.10 Å². The summed E-state index contributed by atoms with van der Waals surface area (Å²) in [5.41, 5.74) is 0. The van der Waals surface area contributed by atoms with Crippen molar-refractivity contribution >= 4 is 17.9 Å². The first-order valence-electron chi connectivity index (χ1n) is 35.9. The summed E-state index contributed by atoms with van der Waals surface area (Å²) in [5, 5.41) is 0. The molecule has 0 spiro atoms. The van der Waals surface area contributed by atoms with Crippen LogP contribution in [0.2, 0.25) is 0 Å². The van der Waals surface area contributed by atoms with Crippen molar-refractivity contribution in [1.29, 1.82) is 0 Å². The smallest absolute Gasteiger partial charge is 0.306 e. The van der Waals surface area contributed by atoms with E-state index >= 15 is 0 Å². The van der Waals surface area contributed by atoms with Gasteiger partial charge in [0, 0.05) is 19.3 Å². The summed E-state index contributed by atoms with van der Waals surface area (Å²) in [4.78, 5) is 38.4. The van der Waals surface area contributed by atoms with Crippen molar-refractivity contribution in [2.24, 2.45) is 0 Å². The molecule has 0 saturated carbocycles. The molecule has 0 fully saturated rings. The number of esters is 3. The number of carbonyl (C=O) groups is 3. The van der Waals surface area contributed by atoms with E-state index in [4.69, 9.17) is 14.2 Å². The third-order valence-corrected chi connectivity index (χ3v) is 15.9. The van der Waals surface area contributed by atoms with Crippen LogP contribution in [0.15, 0.2) is 72.9 Å². The van der Waals surface area contributed by atoms with Crippen LogP contribution in [-0.4, -0.2) is 37.2 Å². The van der Waals surface area contributed by atoms with E-state index in [0.29, 0.717) is 19.3 Å². The van der Waals surface area contributed by atoms with Crippen molar-refractivity contribution in [3.63, 3.8) is 0 Å². The van der Waals surface area contributed by atoms with Crippen molar-refractivity contribution in [2.75, 3.05) is 13.2 Å². The Hall–Kier alpha value is -3.15. The van der Waals surface area contributed by atoms with Crippen LogP contribution < -0.4 is 0 Å². The molecule has 0 amide bonds. The minimum atomic E-state index is -0.787. The van der Waals surface area contributed by atoms with Crippen LogP contribution in [0.3, 0.4) is 0 Å². The predicted octanol–water partition coefficient (Wildman–Crippen LogP) is 24.8. The van der Waals surface area contributed by atoms with Crippen LogP contribution in [0.25, 0.3) is 0 Å². The first-order valence-corrected chi connectivity index (χ1v) is 35.9. The summed E-state index contributed by atoms with van der Waals surface area (Å²) in [6.07, 6.45) is 92.2. The molecule has 0 aromatic rings. The van der Waals surface area contributed by atoms with E-state index in [1.165, 1.54) is 238 Å². The first-order chi connectivity index (χ1) is 40.5. The van der Waals surface area contributed by atoms with Crippen LogP contribution in [0, 0.1) is 0 Å². The zero-order chi connectivity index (χ0) is 59.2. The second kappa shape index (κ2) is 70.3. The quantitative estimate of drug-likeness (QED) is 0.0261. The van der Waals surface area contributed by atoms with Gasteiger partial charge in [-0.05, 0) is 109 Å². The Balaban J connectivity index is 4.28. The van der Waals surface area contributed by atoms with E-state index in [-0.39, 0.29) is 31.1 Å². The van der Waals surface area contributed by atoms with Gasteiger partial charge in [0.25, 0.3) is 0 Å². The summed E-state index contributed by atoms with van der Waals surface area (Å²) in [7, 11) is 0. The molecule has 0 aromatic carbocycles. The molecule has 0 bridgehead atoms. The highest BCUT2D eigenvalue weighted by Gasteiger charge is 2.19. The molecule has 476 valence electrons. The SMILES string of the molecule is CCCC/C=C\C/C=C\CCCCCCCC(=O)OCC(COC(=O)CCCCCCCCCCCCCCCCC/C=C\CCCCCCCCCC)OC(=O)CCCCCCCCCC/C=C\C/C=C\C/C=C\CCCCCCC. The Morgan fingerprint density at radius 3 is 0.732 bits per heavy atom. The monoisotopic (exact) mass is 1150 g/mol. The summed E-state index contributed by atoms with van der Waals surface area (Å²) < 4.78 is 17.0. The normalized spacial score (nSPS) is 12.5. The molecule has 0 aliphatic heterocycles. The predicted molar refractivity (Wildman–Crippen MR) is 358 cm³/mol. The third kappa shape index (κ3) is 67.6. The maximum Gasteiger partial charge on any atom is 0.306 e. The van der Waals surface area contributed by atoms with Gasteiger partial charge in [0.05, 0.1) is 0 Å². The fourth-order valence-corrected chi connectivity index (χ4v) is 10.5. The Morgan fingerprint density at radius 2 is 0.451 bits per heavy atom. The average Bonchev–Trinajstić information content (AvgIpc) is 3.47. The number of allylic oxidation sites excluding steroid dienone is 12. The van der Waals surface area contributed by atoms with E-state index in [2.05, 4.69) is 93.7 Å². The molecule has 0 aromatic heterocycles. The second-order valence-corrected chi connectivity index (χ2v) is 24.1. The maximum atomic E-state index is 13.0. The first kappa shape index (κ1) is 78.8. The molecular formula is C76H136O6. The van der Waals surface area contributed by atoms with Crippen LogP contribution in [-0.2, 0) is 28.6 Å². The molecule has 0 radical (unpaired) electrons. The van der Waals surface area contributed by atoms with Crippen molar-refractivity contribution in [2.45, 2.75) is 380 Å². The summed E-state index contributed by atoms with van der Waals surface area (Å²) in [6.45, 7) is 6.62. The van der Waals surface area contributed by atoms with Gasteiger partial charge >= 0.3 is 17.9 Å². The van der Waals surface area contributed by atoms with E-state index < -0.39 is 6.10 Å². The van der Waals surface area contributed by atoms with Gasteiger partial charge in [-0.25, -0.2) is 0 Å². The minimum Gasteiger partial charge on any atom is -0.462 e. The molecule has 0 aliphatic rings. The van der Waals surface area contributed by atoms with Gasteiger partial charge < -0.3 is 14.2 Å². The lowest BCUT2D eigenvalue weighted by atomic mass is 10.0. The average molecular weight is 1150 g/mol. The zero-order valence-corrected chi connectivity index (χ0v) is 54.8. The number of hydrogen-bond donors (Lipinski definition) is 0. The largest absolute Gasteiger partial charge is 0.462 e. The summed E-state index contributed by atoms with van der Waals surface area (Å²) in [5.74, 6) is -0.883. The zero-order valence-electron chi connectivity index (χ0n) is 54.8. The highest BCUT2D eigenvalue weighted by Crippen LogP contribution is 2.17. The van der Waals surface area contributed by atoms with Crippen molar-refractivity contribution in [3.05, 3.63) is 72.9 Å². The van der Waals surface area contributed by atoms with Crippen molar-refractivity contribution in [1.82, 2.24) is 0 Å². The Kier molecular flexibility index (Phi) is 67.6. The van der Waals surface area contributed by atoms with Crippen LogP contribution in [0.1, 0.15) is 374 Å². The number of ether oxygens (including phenoxy) is 3. The molecule has 0 saturated heterocycles. The molecular weight excluding hydrogens is 1010 g/mol. The molecule has 0 N–H and O–H groups in total. The van der Waals surface area contributed by atoms with Crippen molar-refractivity contribution in [3.8, 4) is 0 Å². The molecule has 0 aliphatic carbocycles.